The molecule has 92 valence electrons. The van der Waals surface area contributed by atoms with Crippen LogP contribution in [0.2, 0.25) is 0 Å². The minimum atomic E-state index is -4.25. The van der Waals surface area contributed by atoms with Crippen LogP contribution in [0.15, 0.2) is 24.3 Å². The van der Waals surface area contributed by atoms with Crippen LogP contribution in [0.4, 0.5) is 13.2 Å². The van der Waals surface area contributed by atoms with Gasteiger partial charge in [0.1, 0.15) is 0 Å². The Labute approximate surface area is 99.5 Å². The van der Waals surface area contributed by atoms with Crippen LogP contribution in [-0.2, 0) is 12.6 Å². The molecule has 1 N–H and O–H groups in total. The van der Waals surface area contributed by atoms with Gasteiger partial charge in [0.05, 0.1) is 5.56 Å². The summed E-state index contributed by atoms with van der Waals surface area (Å²) < 4.78 is 37.1. The van der Waals surface area contributed by atoms with Crippen molar-refractivity contribution in [2.45, 2.75) is 25.6 Å². The highest BCUT2D eigenvalue weighted by Crippen LogP contribution is 2.29. The van der Waals surface area contributed by atoms with Crippen LogP contribution in [0.25, 0.3) is 0 Å². The van der Waals surface area contributed by atoms with Crippen LogP contribution >= 0.6 is 12.4 Å². The average Bonchev–Trinajstić information content (AvgIpc) is 2.17. The van der Waals surface area contributed by atoms with Crippen LogP contribution in [0.1, 0.15) is 18.1 Å². The van der Waals surface area contributed by atoms with Gasteiger partial charge < -0.3 is 5.32 Å². The molecule has 16 heavy (non-hydrogen) atoms. The van der Waals surface area contributed by atoms with Crippen LogP contribution in [0.5, 0.6) is 0 Å². The van der Waals surface area contributed by atoms with E-state index in [1.807, 2.05) is 6.92 Å². The molecular weight excluding hydrogens is 239 g/mol. The fourth-order valence-corrected chi connectivity index (χ4v) is 1.33. The summed E-state index contributed by atoms with van der Waals surface area (Å²) in [6, 6.07) is 5.62. The number of nitrogens with one attached hydrogen (secondary N) is 1. The number of rotatable bonds is 3. The van der Waals surface area contributed by atoms with Gasteiger partial charge in [-0.2, -0.15) is 13.2 Å². The van der Waals surface area contributed by atoms with E-state index in [2.05, 4.69) is 5.32 Å². The van der Waals surface area contributed by atoms with Crippen molar-refractivity contribution in [3.05, 3.63) is 35.4 Å². The molecular formula is C11H15ClF3N. The molecule has 0 saturated heterocycles. The standard InChI is InChI=1S/C11H14F3N.ClH/c1-8(15-2)6-9-4-3-5-10(7-9)11(12,13)14;/h3-5,7-8,15H,6H2,1-2H3;1H. The number of likely N-dealkylation sites (N-methyl/N-ethyl adjacent to an activating group) is 1. The predicted molar refractivity (Wildman–Crippen MR) is 60.9 cm³/mol. The van der Waals surface area contributed by atoms with E-state index in [-0.39, 0.29) is 18.4 Å². The van der Waals surface area contributed by atoms with Crippen LogP contribution in [0.3, 0.4) is 0 Å². The summed E-state index contributed by atoms with van der Waals surface area (Å²) in [5.74, 6) is 0. The van der Waals surface area contributed by atoms with Gasteiger partial charge in [-0.25, -0.2) is 0 Å². The molecule has 5 heteroatoms. The van der Waals surface area contributed by atoms with Crippen molar-refractivity contribution in [2.75, 3.05) is 7.05 Å². The molecule has 0 amide bonds. The van der Waals surface area contributed by atoms with Crippen molar-refractivity contribution in [3.8, 4) is 0 Å². The molecule has 0 aliphatic rings. The van der Waals surface area contributed by atoms with Gasteiger partial charge in [-0.3, -0.25) is 0 Å². The second-order valence-electron chi connectivity index (χ2n) is 3.59. The summed E-state index contributed by atoms with van der Waals surface area (Å²) in [7, 11) is 1.79. The van der Waals surface area contributed by atoms with E-state index in [0.29, 0.717) is 12.0 Å². The van der Waals surface area contributed by atoms with Gasteiger partial charge in [-0.05, 0) is 32.0 Å². The monoisotopic (exact) mass is 253 g/mol. The molecule has 1 rings (SSSR count). The Morgan fingerprint density at radius 3 is 2.44 bits per heavy atom. The van der Waals surface area contributed by atoms with Crippen molar-refractivity contribution >= 4 is 12.4 Å². The first-order chi connectivity index (χ1) is 6.93. The number of hydrogen-bond donors (Lipinski definition) is 1. The Morgan fingerprint density at radius 2 is 1.94 bits per heavy atom. The Morgan fingerprint density at radius 1 is 1.31 bits per heavy atom. The maximum Gasteiger partial charge on any atom is 0.416 e. The van der Waals surface area contributed by atoms with E-state index >= 15 is 0 Å². The van der Waals surface area contributed by atoms with E-state index in [0.717, 1.165) is 6.07 Å². The van der Waals surface area contributed by atoms with Gasteiger partial charge in [0.25, 0.3) is 0 Å². The first-order valence-corrected chi connectivity index (χ1v) is 4.77. The molecule has 1 nitrogen and oxygen atoms in total. The largest absolute Gasteiger partial charge is 0.416 e. The second-order valence-corrected chi connectivity index (χ2v) is 3.59. The molecule has 1 aromatic rings. The third kappa shape index (κ3) is 4.41. The zero-order chi connectivity index (χ0) is 11.5. The highest BCUT2D eigenvalue weighted by Gasteiger charge is 2.30. The molecule has 1 atom stereocenters. The number of hydrogen-bond acceptors (Lipinski definition) is 1. The summed E-state index contributed by atoms with van der Waals surface area (Å²) in [4.78, 5) is 0. The number of alkyl halides is 3. The first-order valence-electron chi connectivity index (χ1n) is 4.77. The van der Waals surface area contributed by atoms with Crippen molar-refractivity contribution in [1.82, 2.24) is 5.32 Å². The Kier molecular flexibility index (Phi) is 5.83. The number of benzene rings is 1. The van der Waals surface area contributed by atoms with Gasteiger partial charge in [0.2, 0.25) is 0 Å². The van der Waals surface area contributed by atoms with Crippen LogP contribution in [0, 0.1) is 0 Å². The van der Waals surface area contributed by atoms with E-state index in [1.165, 1.54) is 12.1 Å². The molecule has 0 aliphatic carbocycles. The highest BCUT2D eigenvalue weighted by molar-refractivity contribution is 5.85. The second kappa shape index (κ2) is 6.11. The van der Waals surface area contributed by atoms with Gasteiger partial charge in [-0.1, -0.05) is 18.2 Å². The lowest BCUT2D eigenvalue weighted by atomic mass is 10.0. The normalized spacial score (nSPS) is 13.1. The maximum atomic E-state index is 12.4. The first kappa shape index (κ1) is 15.3. The smallest absolute Gasteiger partial charge is 0.317 e. The van der Waals surface area contributed by atoms with Gasteiger partial charge in [0, 0.05) is 6.04 Å². The van der Waals surface area contributed by atoms with Crippen molar-refractivity contribution < 1.29 is 13.2 Å². The molecule has 0 bridgehead atoms. The zero-order valence-electron chi connectivity index (χ0n) is 9.14. The predicted octanol–water partition coefficient (Wildman–Crippen LogP) is 3.28. The topological polar surface area (TPSA) is 12.0 Å². The van der Waals surface area contributed by atoms with Gasteiger partial charge in [0.15, 0.2) is 0 Å². The lowest BCUT2D eigenvalue weighted by Crippen LogP contribution is -2.23. The molecule has 0 spiro atoms. The fraction of sp³-hybridized carbons (Fsp3) is 0.455. The molecule has 1 aromatic carbocycles. The van der Waals surface area contributed by atoms with Crippen molar-refractivity contribution in [2.24, 2.45) is 0 Å². The van der Waals surface area contributed by atoms with E-state index in [4.69, 9.17) is 0 Å². The Hall–Kier alpha value is -0.740. The lowest BCUT2D eigenvalue weighted by Gasteiger charge is -2.12. The fourth-order valence-electron chi connectivity index (χ4n) is 1.33. The zero-order valence-corrected chi connectivity index (χ0v) is 9.95. The lowest BCUT2D eigenvalue weighted by molar-refractivity contribution is -0.137. The Balaban J connectivity index is 0.00000225. The third-order valence-electron chi connectivity index (χ3n) is 2.29. The van der Waals surface area contributed by atoms with Gasteiger partial charge in [-0.15, -0.1) is 12.4 Å². The van der Waals surface area contributed by atoms with E-state index < -0.39 is 11.7 Å². The number of halogens is 4. The summed E-state index contributed by atoms with van der Waals surface area (Å²) in [6.07, 6.45) is -3.65. The summed E-state index contributed by atoms with van der Waals surface area (Å²) in [5, 5.41) is 2.99. The molecule has 0 heterocycles. The van der Waals surface area contributed by atoms with Crippen LogP contribution < -0.4 is 5.32 Å². The Bertz CT molecular complexity index is 325. The maximum absolute atomic E-state index is 12.4. The minimum Gasteiger partial charge on any atom is -0.317 e. The van der Waals surface area contributed by atoms with Crippen molar-refractivity contribution in [1.29, 1.82) is 0 Å². The summed E-state index contributed by atoms with van der Waals surface area (Å²) in [6.45, 7) is 1.93. The third-order valence-corrected chi connectivity index (χ3v) is 2.29. The van der Waals surface area contributed by atoms with Gasteiger partial charge >= 0.3 is 6.18 Å². The molecule has 0 aliphatic heterocycles. The minimum absolute atomic E-state index is 0. The molecule has 1 unspecified atom stereocenters. The quantitative estimate of drug-likeness (QED) is 0.872. The molecule has 0 fully saturated rings. The average molecular weight is 254 g/mol. The van der Waals surface area contributed by atoms with E-state index in [9.17, 15) is 13.2 Å². The summed E-state index contributed by atoms with van der Waals surface area (Å²) >= 11 is 0. The molecule has 0 radical (unpaired) electrons. The molecule has 0 saturated carbocycles. The van der Waals surface area contributed by atoms with Crippen LogP contribution in [-0.4, -0.2) is 13.1 Å². The van der Waals surface area contributed by atoms with Crippen molar-refractivity contribution in [3.63, 3.8) is 0 Å². The molecule has 0 aromatic heterocycles. The highest BCUT2D eigenvalue weighted by atomic mass is 35.5. The summed E-state index contributed by atoms with van der Waals surface area (Å²) in [5.41, 5.74) is 0.120. The SMILES string of the molecule is CNC(C)Cc1cccc(C(F)(F)F)c1.Cl. The van der Waals surface area contributed by atoms with E-state index in [1.54, 1.807) is 13.1 Å².